The van der Waals surface area contributed by atoms with Crippen LogP contribution in [0.5, 0.6) is 0 Å². The van der Waals surface area contributed by atoms with Gasteiger partial charge in [0, 0.05) is 12.8 Å². The first kappa shape index (κ1) is 16.1. The summed E-state index contributed by atoms with van der Waals surface area (Å²) in [7, 11) is 0. The van der Waals surface area contributed by atoms with E-state index in [0.29, 0.717) is 12.3 Å². The van der Waals surface area contributed by atoms with E-state index in [1.54, 1.807) is 6.92 Å². The van der Waals surface area contributed by atoms with E-state index in [-0.39, 0.29) is 18.1 Å². The number of hydrogen-bond acceptors (Lipinski definition) is 2. The molecule has 1 unspecified atom stereocenters. The van der Waals surface area contributed by atoms with Crippen LogP contribution >= 0.6 is 0 Å². The summed E-state index contributed by atoms with van der Waals surface area (Å²) in [5.74, 6) is -0.127. The largest absolute Gasteiger partial charge is 0.481 e. The third-order valence-corrected chi connectivity index (χ3v) is 3.30. The molecule has 1 N–H and O–H groups in total. The molecule has 0 amide bonds. The van der Waals surface area contributed by atoms with Crippen molar-refractivity contribution < 1.29 is 14.7 Å². The van der Waals surface area contributed by atoms with Crippen LogP contribution in [0, 0.1) is 11.8 Å². The molecule has 1 atom stereocenters. The maximum absolute atomic E-state index is 11.1. The minimum Gasteiger partial charge on any atom is -0.481 e. The predicted molar refractivity (Wildman–Crippen MR) is 69.0 cm³/mol. The highest BCUT2D eigenvalue weighted by molar-refractivity contribution is 5.76. The van der Waals surface area contributed by atoms with Crippen LogP contribution in [0.2, 0.25) is 0 Å². The van der Waals surface area contributed by atoms with Crippen molar-refractivity contribution >= 4 is 11.8 Å². The Balaban J connectivity index is 0.00000121. The summed E-state index contributed by atoms with van der Waals surface area (Å²) < 4.78 is 0. The van der Waals surface area contributed by atoms with Crippen molar-refractivity contribution in [3.8, 4) is 0 Å². The lowest BCUT2D eigenvalue weighted by Crippen LogP contribution is -2.22. The number of ketones is 1. The summed E-state index contributed by atoms with van der Waals surface area (Å²) >= 11 is 0. The van der Waals surface area contributed by atoms with E-state index in [9.17, 15) is 9.59 Å². The van der Waals surface area contributed by atoms with Gasteiger partial charge in [0.2, 0.25) is 0 Å². The molecule has 1 aliphatic carbocycles. The van der Waals surface area contributed by atoms with Gasteiger partial charge in [-0.05, 0) is 18.8 Å². The zero-order valence-electron chi connectivity index (χ0n) is 11.4. The summed E-state index contributed by atoms with van der Waals surface area (Å²) in [5, 5.41) is 8.82. The number of carboxylic acids is 1. The molecule has 0 aliphatic heterocycles. The molecular formula is C14H26O3. The average Bonchev–Trinajstić information content (AvgIpc) is 2.31. The molecule has 3 heteroatoms. The number of carbonyl (C=O) groups excluding carboxylic acids is 1. The molecule has 0 radical (unpaired) electrons. The Kier molecular flexibility index (Phi) is 8.73. The lowest BCUT2D eigenvalue weighted by Gasteiger charge is -2.28. The SMILES string of the molecule is CC.CC(=O)CC(CC(=O)O)C1CCCCC1. The number of carboxylic acid groups (broad SMARTS) is 1. The molecule has 0 aromatic heterocycles. The maximum atomic E-state index is 11.1. The van der Waals surface area contributed by atoms with Gasteiger partial charge in [0.05, 0.1) is 0 Å². The van der Waals surface area contributed by atoms with Crippen molar-refractivity contribution in [1.29, 1.82) is 0 Å². The molecule has 3 nitrogen and oxygen atoms in total. The summed E-state index contributed by atoms with van der Waals surface area (Å²) in [6.07, 6.45) is 6.45. The first-order chi connectivity index (χ1) is 8.09. The summed E-state index contributed by atoms with van der Waals surface area (Å²) in [4.78, 5) is 21.8. The fraction of sp³-hybridized carbons (Fsp3) is 0.857. The second-order valence-electron chi connectivity index (χ2n) is 4.66. The van der Waals surface area contributed by atoms with Crippen molar-refractivity contribution in [2.45, 2.75) is 65.7 Å². The highest BCUT2D eigenvalue weighted by Gasteiger charge is 2.26. The van der Waals surface area contributed by atoms with Gasteiger partial charge in [0.1, 0.15) is 5.78 Å². The molecule has 1 saturated carbocycles. The Morgan fingerprint density at radius 3 is 2.06 bits per heavy atom. The number of Topliss-reactive ketones (excluding diaryl/α,β-unsaturated/α-hetero) is 1. The molecule has 0 heterocycles. The van der Waals surface area contributed by atoms with Crippen LogP contribution < -0.4 is 0 Å². The smallest absolute Gasteiger partial charge is 0.303 e. The van der Waals surface area contributed by atoms with Gasteiger partial charge >= 0.3 is 5.97 Å². The van der Waals surface area contributed by atoms with Crippen molar-refractivity contribution in [2.24, 2.45) is 11.8 Å². The minimum atomic E-state index is -0.771. The standard InChI is InChI=1S/C12H20O3.C2H6/c1-9(13)7-11(8-12(14)15)10-5-3-2-4-6-10;1-2/h10-11H,2-8H2,1H3,(H,14,15);1-2H3. The second-order valence-corrected chi connectivity index (χ2v) is 4.66. The molecular weight excluding hydrogens is 216 g/mol. The van der Waals surface area contributed by atoms with Crippen LogP contribution in [-0.4, -0.2) is 16.9 Å². The Morgan fingerprint density at radius 1 is 1.12 bits per heavy atom. The Morgan fingerprint density at radius 2 is 1.65 bits per heavy atom. The first-order valence-electron chi connectivity index (χ1n) is 6.81. The zero-order chi connectivity index (χ0) is 13.3. The molecule has 0 spiro atoms. The quantitative estimate of drug-likeness (QED) is 0.800. The van der Waals surface area contributed by atoms with Crippen LogP contribution in [0.1, 0.15) is 65.7 Å². The number of aliphatic carboxylic acids is 1. The fourth-order valence-electron chi connectivity index (χ4n) is 2.60. The highest BCUT2D eigenvalue weighted by Crippen LogP contribution is 2.33. The molecule has 0 bridgehead atoms. The molecule has 100 valence electrons. The summed E-state index contributed by atoms with van der Waals surface area (Å²) in [6.45, 7) is 5.55. The van der Waals surface area contributed by atoms with Gasteiger partial charge in [-0.3, -0.25) is 4.79 Å². The van der Waals surface area contributed by atoms with Gasteiger partial charge in [0.15, 0.2) is 0 Å². The van der Waals surface area contributed by atoms with Crippen LogP contribution in [0.15, 0.2) is 0 Å². The number of hydrogen-bond donors (Lipinski definition) is 1. The van der Waals surface area contributed by atoms with Crippen LogP contribution in [0.25, 0.3) is 0 Å². The highest BCUT2D eigenvalue weighted by atomic mass is 16.4. The van der Waals surface area contributed by atoms with Crippen molar-refractivity contribution in [2.75, 3.05) is 0 Å². The molecule has 0 aromatic rings. The van der Waals surface area contributed by atoms with Crippen molar-refractivity contribution in [1.82, 2.24) is 0 Å². The minimum absolute atomic E-state index is 0.0697. The Labute approximate surface area is 105 Å². The fourth-order valence-corrected chi connectivity index (χ4v) is 2.60. The Bertz CT molecular complexity index is 214. The predicted octanol–water partition coefficient (Wildman–Crippen LogP) is 3.66. The zero-order valence-corrected chi connectivity index (χ0v) is 11.4. The van der Waals surface area contributed by atoms with Gasteiger partial charge < -0.3 is 9.90 Å². The molecule has 17 heavy (non-hydrogen) atoms. The molecule has 0 saturated heterocycles. The average molecular weight is 242 g/mol. The molecule has 1 rings (SSSR count). The number of carbonyl (C=O) groups is 2. The van der Waals surface area contributed by atoms with E-state index in [0.717, 1.165) is 12.8 Å². The van der Waals surface area contributed by atoms with E-state index in [4.69, 9.17) is 5.11 Å². The second kappa shape index (κ2) is 9.20. The van der Waals surface area contributed by atoms with Crippen molar-refractivity contribution in [3.05, 3.63) is 0 Å². The third-order valence-electron chi connectivity index (χ3n) is 3.30. The van der Waals surface area contributed by atoms with E-state index in [1.807, 2.05) is 13.8 Å². The van der Waals surface area contributed by atoms with E-state index < -0.39 is 5.97 Å². The van der Waals surface area contributed by atoms with Crippen molar-refractivity contribution in [3.63, 3.8) is 0 Å². The van der Waals surface area contributed by atoms with Gasteiger partial charge in [-0.15, -0.1) is 0 Å². The summed E-state index contributed by atoms with van der Waals surface area (Å²) in [6, 6.07) is 0. The van der Waals surface area contributed by atoms with Gasteiger partial charge in [0.25, 0.3) is 0 Å². The Hall–Kier alpha value is -0.860. The molecule has 0 aromatic carbocycles. The maximum Gasteiger partial charge on any atom is 0.303 e. The molecule has 1 aliphatic rings. The van der Waals surface area contributed by atoms with E-state index in [2.05, 4.69) is 0 Å². The molecule has 1 fully saturated rings. The van der Waals surface area contributed by atoms with E-state index >= 15 is 0 Å². The van der Waals surface area contributed by atoms with Crippen LogP contribution in [0.4, 0.5) is 0 Å². The monoisotopic (exact) mass is 242 g/mol. The van der Waals surface area contributed by atoms with Gasteiger partial charge in [-0.1, -0.05) is 46.0 Å². The van der Waals surface area contributed by atoms with E-state index in [1.165, 1.54) is 19.3 Å². The van der Waals surface area contributed by atoms with Crippen LogP contribution in [-0.2, 0) is 9.59 Å². The summed E-state index contributed by atoms with van der Waals surface area (Å²) in [5.41, 5.74) is 0. The van der Waals surface area contributed by atoms with Gasteiger partial charge in [-0.2, -0.15) is 0 Å². The van der Waals surface area contributed by atoms with Crippen LogP contribution in [0.3, 0.4) is 0 Å². The lowest BCUT2D eigenvalue weighted by atomic mass is 9.76. The lowest BCUT2D eigenvalue weighted by molar-refractivity contribution is -0.138. The topological polar surface area (TPSA) is 54.4 Å². The number of rotatable bonds is 5. The first-order valence-corrected chi connectivity index (χ1v) is 6.81. The normalized spacial score (nSPS) is 17.8. The third kappa shape index (κ3) is 7.14. The van der Waals surface area contributed by atoms with Gasteiger partial charge in [-0.25, -0.2) is 0 Å².